The quantitative estimate of drug-likeness (QED) is 0.622. The zero-order chi connectivity index (χ0) is 20.1. The van der Waals surface area contributed by atoms with E-state index in [4.69, 9.17) is 9.47 Å². The predicted octanol–water partition coefficient (Wildman–Crippen LogP) is 3.69. The monoisotopic (exact) mass is 409 g/mol. The standard InChI is InChI=1S/C22H23N3O3S/c1-27-20-8-4-19(5-9-20)24-10-12-25(13-11-24)22(26)17-2-6-21(7-3-17)28-14-18-15-29-16-23-18/h2-9,15-16H,10-14H2,1H3. The van der Waals surface area contributed by atoms with Crippen LogP contribution in [0.25, 0.3) is 0 Å². The fraction of sp³-hybridized carbons (Fsp3) is 0.273. The van der Waals surface area contributed by atoms with Gasteiger partial charge in [-0.3, -0.25) is 4.79 Å². The lowest BCUT2D eigenvalue weighted by Crippen LogP contribution is -2.48. The second-order valence-electron chi connectivity index (χ2n) is 6.77. The molecule has 7 heteroatoms. The molecular weight excluding hydrogens is 386 g/mol. The van der Waals surface area contributed by atoms with Crippen molar-refractivity contribution in [3.05, 3.63) is 70.7 Å². The molecule has 3 aromatic rings. The number of hydrogen-bond acceptors (Lipinski definition) is 6. The van der Waals surface area contributed by atoms with Crippen LogP contribution in [-0.2, 0) is 6.61 Å². The maximum Gasteiger partial charge on any atom is 0.253 e. The van der Waals surface area contributed by atoms with E-state index in [-0.39, 0.29) is 5.91 Å². The number of methoxy groups -OCH3 is 1. The first-order chi connectivity index (χ1) is 14.2. The topological polar surface area (TPSA) is 54.9 Å². The molecule has 0 saturated carbocycles. The maximum atomic E-state index is 12.8. The van der Waals surface area contributed by atoms with E-state index in [1.807, 2.05) is 46.7 Å². The van der Waals surface area contributed by atoms with Crippen LogP contribution in [0.1, 0.15) is 16.1 Å². The van der Waals surface area contributed by atoms with Gasteiger partial charge in [0.2, 0.25) is 0 Å². The third kappa shape index (κ3) is 4.68. The van der Waals surface area contributed by atoms with Crippen LogP contribution >= 0.6 is 11.3 Å². The summed E-state index contributed by atoms with van der Waals surface area (Å²) in [5.41, 5.74) is 4.53. The molecule has 0 unspecified atom stereocenters. The van der Waals surface area contributed by atoms with Crippen LogP contribution in [0.15, 0.2) is 59.4 Å². The number of piperazine rings is 1. The average molecular weight is 410 g/mol. The van der Waals surface area contributed by atoms with Crippen molar-refractivity contribution in [2.75, 3.05) is 38.2 Å². The van der Waals surface area contributed by atoms with Crippen LogP contribution in [-0.4, -0.2) is 49.1 Å². The van der Waals surface area contributed by atoms with Gasteiger partial charge in [-0.25, -0.2) is 4.98 Å². The minimum absolute atomic E-state index is 0.0606. The largest absolute Gasteiger partial charge is 0.497 e. The smallest absolute Gasteiger partial charge is 0.253 e. The van der Waals surface area contributed by atoms with Gasteiger partial charge in [-0.2, -0.15) is 0 Å². The van der Waals surface area contributed by atoms with Gasteiger partial charge in [0.25, 0.3) is 5.91 Å². The van der Waals surface area contributed by atoms with Gasteiger partial charge in [0.15, 0.2) is 0 Å². The Bertz CT molecular complexity index is 919. The number of anilines is 1. The molecule has 0 N–H and O–H groups in total. The van der Waals surface area contributed by atoms with Gasteiger partial charge in [0.05, 0.1) is 18.3 Å². The molecule has 2 heterocycles. The fourth-order valence-corrected chi connectivity index (χ4v) is 3.85. The van der Waals surface area contributed by atoms with E-state index >= 15 is 0 Å². The van der Waals surface area contributed by atoms with Gasteiger partial charge in [-0.05, 0) is 48.5 Å². The Morgan fingerprint density at radius 3 is 2.31 bits per heavy atom. The summed E-state index contributed by atoms with van der Waals surface area (Å²) in [7, 11) is 1.67. The highest BCUT2D eigenvalue weighted by Gasteiger charge is 2.22. The van der Waals surface area contributed by atoms with Crippen LogP contribution in [0.2, 0.25) is 0 Å². The second-order valence-corrected chi connectivity index (χ2v) is 7.49. The first kappa shape index (κ1) is 19.3. The Labute approximate surface area is 174 Å². The first-order valence-corrected chi connectivity index (χ1v) is 10.5. The number of ether oxygens (including phenoxy) is 2. The van der Waals surface area contributed by atoms with Gasteiger partial charge in [-0.15, -0.1) is 11.3 Å². The summed E-state index contributed by atoms with van der Waals surface area (Å²) in [5, 5.41) is 1.96. The molecule has 0 spiro atoms. The van der Waals surface area contributed by atoms with E-state index in [1.165, 1.54) is 0 Å². The van der Waals surface area contributed by atoms with Crippen molar-refractivity contribution < 1.29 is 14.3 Å². The molecule has 4 rings (SSSR count). The normalized spacial score (nSPS) is 14.0. The molecular formula is C22H23N3O3S. The van der Waals surface area contributed by atoms with E-state index in [1.54, 1.807) is 24.0 Å². The molecule has 1 aromatic heterocycles. The zero-order valence-corrected chi connectivity index (χ0v) is 17.1. The van der Waals surface area contributed by atoms with Crippen molar-refractivity contribution in [2.24, 2.45) is 0 Å². The number of benzene rings is 2. The Kier molecular flexibility index (Phi) is 5.95. The summed E-state index contributed by atoms with van der Waals surface area (Å²) in [5.74, 6) is 1.64. The number of aromatic nitrogens is 1. The SMILES string of the molecule is COc1ccc(N2CCN(C(=O)c3ccc(OCc4cscn4)cc3)CC2)cc1. The van der Waals surface area contributed by atoms with E-state index < -0.39 is 0 Å². The second kappa shape index (κ2) is 8.96. The zero-order valence-electron chi connectivity index (χ0n) is 16.3. The Morgan fingerprint density at radius 1 is 1.00 bits per heavy atom. The molecule has 2 aromatic carbocycles. The van der Waals surface area contributed by atoms with Crippen LogP contribution in [0, 0.1) is 0 Å². The Morgan fingerprint density at radius 2 is 1.69 bits per heavy atom. The number of thiazole rings is 1. The number of amides is 1. The van der Waals surface area contributed by atoms with Gasteiger partial charge >= 0.3 is 0 Å². The lowest BCUT2D eigenvalue weighted by atomic mass is 10.1. The van der Waals surface area contributed by atoms with Crippen molar-refractivity contribution >= 4 is 22.9 Å². The highest BCUT2D eigenvalue weighted by Crippen LogP contribution is 2.21. The molecule has 150 valence electrons. The van der Waals surface area contributed by atoms with Crippen molar-refractivity contribution in [1.82, 2.24) is 9.88 Å². The Hall–Kier alpha value is -3.06. The minimum Gasteiger partial charge on any atom is -0.497 e. The highest BCUT2D eigenvalue weighted by molar-refractivity contribution is 7.07. The van der Waals surface area contributed by atoms with E-state index in [0.29, 0.717) is 25.3 Å². The van der Waals surface area contributed by atoms with E-state index in [2.05, 4.69) is 22.0 Å². The predicted molar refractivity (Wildman–Crippen MR) is 114 cm³/mol. The third-order valence-corrected chi connectivity index (χ3v) is 5.61. The van der Waals surface area contributed by atoms with Gasteiger partial charge < -0.3 is 19.3 Å². The molecule has 0 aliphatic carbocycles. The summed E-state index contributed by atoms with van der Waals surface area (Å²) in [4.78, 5) is 21.2. The number of carbonyl (C=O) groups is 1. The lowest BCUT2D eigenvalue weighted by molar-refractivity contribution is 0.0746. The summed E-state index contributed by atoms with van der Waals surface area (Å²) in [6, 6.07) is 15.4. The molecule has 29 heavy (non-hydrogen) atoms. The van der Waals surface area contributed by atoms with Crippen molar-refractivity contribution in [1.29, 1.82) is 0 Å². The van der Waals surface area contributed by atoms with Crippen molar-refractivity contribution in [3.8, 4) is 11.5 Å². The van der Waals surface area contributed by atoms with Crippen LogP contribution < -0.4 is 14.4 Å². The summed E-state index contributed by atoms with van der Waals surface area (Å²) in [6.07, 6.45) is 0. The summed E-state index contributed by atoms with van der Waals surface area (Å²) < 4.78 is 10.9. The summed E-state index contributed by atoms with van der Waals surface area (Å²) in [6.45, 7) is 3.46. The van der Waals surface area contributed by atoms with E-state index in [0.717, 1.165) is 36.0 Å². The molecule has 1 fully saturated rings. The van der Waals surface area contributed by atoms with Crippen LogP contribution in [0.4, 0.5) is 5.69 Å². The molecule has 1 aliphatic rings. The van der Waals surface area contributed by atoms with Gasteiger partial charge in [0, 0.05) is 42.8 Å². The van der Waals surface area contributed by atoms with Crippen LogP contribution in [0.3, 0.4) is 0 Å². The van der Waals surface area contributed by atoms with Crippen LogP contribution in [0.5, 0.6) is 11.5 Å². The molecule has 1 aliphatic heterocycles. The summed E-state index contributed by atoms with van der Waals surface area (Å²) >= 11 is 1.55. The van der Waals surface area contributed by atoms with Crippen molar-refractivity contribution in [3.63, 3.8) is 0 Å². The fourth-order valence-electron chi connectivity index (χ4n) is 3.30. The van der Waals surface area contributed by atoms with E-state index in [9.17, 15) is 4.79 Å². The molecule has 6 nitrogen and oxygen atoms in total. The minimum atomic E-state index is 0.0606. The number of hydrogen-bond donors (Lipinski definition) is 0. The molecule has 0 atom stereocenters. The third-order valence-electron chi connectivity index (χ3n) is 4.98. The van der Waals surface area contributed by atoms with Gasteiger partial charge in [0.1, 0.15) is 18.1 Å². The lowest BCUT2D eigenvalue weighted by Gasteiger charge is -2.36. The molecule has 0 radical (unpaired) electrons. The molecule has 1 amide bonds. The maximum absolute atomic E-state index is 12.8. The van der Waals surface area contributed by atoms with Crippen molar-refractivity contribution in [2.45, 2.75) is 6.61 Å². The number of nitrogens with zero attached hydrogens (tertiary/aromatic N) is 3. The highest BCUT2D eigenvalue weighted by atomic mass is 32.1. The Balaban J connectivity index is 1.30. The van der Waals surface area contributed by atoms with Gasteiger partial charge in [-0.1, -0.05) is 0 Å². The molecule has 0 bridgehead atoms. The average Bonchev–Trinajstić information content (AvgIpc) is 3.31. The number of rotatable bonds is 6. The number of carbonyl (C=O) groups excluding carboxylic acids is 1. The molecule has 1 saturated heterocycles. The first-order valence-electron chi connectivity index (χ1n) is 9.51.